The number of carbonyl (C=O) groups excluding carboxylic acids is 2. The van der Waals surface area contributed by atoms with Crippen LogP contribution in [0.25, 0.3) is 0 Å². The molecule has 1 atom stereocenters. The molecule has 0 saturated carbocycles. The van der Waals surface area contributed by atoms with Gasteiger partial charge in [0.05, 0.1) is 12.2 Å². The van der Waals surface area contributed by atoms with Crippen molar-refractivity contribution in [2.45, 2.75) is 39.0 Å². The molecule has 0 spiro atoms. The number of Topliss-reactive ketones (excluding diaryl/α,β-unsaturated/α-hetero) is 1. The van der Waals surface area contributed by atoms with Gasteiger partial charge in [-0.1, -0.05) is 29.8 Å². The molecule has 1 aromatic rings. The van der Waals surface area contributed by atoms with Crippen LogP contribution in [0.3, 0.4) is 0 Å². The molecule has 0 fully saturated rings. The number of hydrogen-bond acceptors (Lipinski definition) is 5. The van der Waals surface area contributed by atoms with Crippen LogP contribution in [0.5, 0.6) is 0 Å². The first-order valence-electron chi connectivity index (χ1n) is 9.27. The minimum Gasteiger partial charge on any atom is -0.460 e. The number of dihydropyridines is 1. The Morgan fingerprint density at radius 3 is 2.78 bits per heavy atom. The minimum atomic E-state index is -0.512. The van der Waals surface area contributed by atoms with E-state index in [-0.39, 0.29) is 12.4 Å². The van der Waals surface area contributed by atoms with Gasteiger partial charge in [-0.15, -0.1) is 0 Å². The Bertz CT molecular complexity index is 812. The Morgan fingerprint density at radius 1 is 1.26 bits per heavy atom. The lowest BCUT2D eigenvalue weighted by Gasteiger charge is -2.34. The van der Waals surface area contributed by atoms with Crippen molar-refractivity contribution in [3.05, 3.63) is 57.4 Å². The molecule has 1 aromatic carbocycles. The predicted molar refractivity (Wildman–Crippen MR) is 103 cm³/mol. The first-order chi connectivity index (χ1) is 13.0. The van der Waals surface area contributed by atoms with Gasteiger partial charge in [0.25, 0.3) is 0 Å². The smallest absolute Gasteiger partial charge is 0.336 e. The molecule has 1 aliphatic carbocycles. The van der Waals surface area contributed by atoms with Gasteiger partial charge in [0.1, 0.15) is 6.61 Å². The van der Waals surface area contributed by atoms with E-state index < -0.39 is 11.9 Å². The summed E-state index contributed by atoms with van der Waals surface area (Å²) in [6.07, 6.45) is 2.07. The molecule has 2 aliphatic rings. The average molecular weight is 390 g/mol. The largest absolute Gasteiger partial charge is 0.460 e. The second kappa shape index (κ2) is 8.72. The van der Waals surface area contributed by atoms with Crippen LogP contribution in [0.2, 0.25) is 5.02 Å². The first-order valence-corrected chi connectivity index (χ1v) is 9.65. The molecule has 1 aliphatic heterocycles. The summed E-state index contributed by atoms with van der Waals surface area (Å²) in [5, 5.41) is 3.79. The summed E-state index contributed by atoms with van der Waals surface area (Å²) in [5.41, 5.74) is 3.42. The zero-order valence-corrected chi connectivity index (χ0v) is 16.4. The second-order valence-electron chi connectivity index (χ2n) is 6.62. The first kappa shape index (κ1) is 19.6. The minimum absolute atomic E-state index is 0.0563. The molecular weight excluding hydrogens is 366 g/mol. The van der Waals surface area contributed by atoms with E-state index in [1.807, 2.05) is 32.0 Å². The quantitative estimate of drug-likeness (QED) is 0.590. The lowest BCUT2D eigenvalue weighted by Crippen LogP contribution is -2.34. The number of ketones is 1. The highest BCUT2D eigenvalue weighted by Gasteiger charge is 2.39. The summed E-state index contributed by atoms with van der Waals surface area (Å²) < 4.78 is 10.7. The lowest BCUT2D eigenvalue weighted by atomic mass is 9.75. The SMILES string of the molecule is CCOCCOC(=O)C1=C(C)NC2=C(C(=O)CCC2)[C@@H]1c1ccccc1Cl. The summed E-state index contributed by atoms with van der Waals surface area (Å²) in [4.78, 5) is 25.7. The zero-order chi connectivity index (χ0) is 19.4. The number of halogens is 1. The molecule has 3 rings (SSSR count). The Kier molecular flexibility index (Phi) is 6.34. The van der Waals surface area contributed by atoms with E-state index in [4.69, 9.17) is 21.1 Å². The molecule has 0 radical (unpaired) electrons. The van der Waals surface area contributed by atoms with Gasteiger partial charge < -0.3 is 14.8 Å². The summed E-state index contributed by atoms with van der Waals surface area (Å²) >= 11 is 6.45. The standard InChI is InChI=1S/C21H24ClNO4/c1-3-26-11-12-27-21(25)18-13(2)23-16-9-6-10-17(24)20(16)19(18)14-7-4-5-8-15(14)22/h4-5,7-8,19,23H,3,6,9-12H2,1-2H3/t19-/m1/s1. The number of esters is 1. The fourth-order valence-electron chi connectivity index (χ4n) is 3.69. The Morgan fingerprint density at radius 2 is 2.04 bits per heavy atom. The van der Waals surface area contributed by atoms with Gasteiger partial charge >= 0.3 is 5.97 Å². The van der Waals surface area contributed by atoms with Crippen LogP contribution in [-0.4, -0.2) is 31.6 Å². The van der Waals surface area contributed by atoms with Gasteiger partial charge in [0, 0.05) is 40.9 Å². The molecule has 6 heteroatoms. The maximum atomic E-state index is 12.9. The summed E-state index contributed by atoms with van der Waals surface area (Å²) in [5.74, 6) is -0.905. The van der Waals surface area contributed by atoms with Crippen molar-refractivity contribution < 1.29 is 19.1 Å². The highest BCUT2D eigenvalue weighted by Crippen LogP contribution is 2.44. The van der Waals surface area contributed by atoms with Gasteiger partial charge in [-0.25, -0.2) is 4.79 Å². The number of nitrogens with one attached hydrogen (secondary N) is 1. The monoisotopic (exact) mass is 389 g/mol. The van der Waals surface area contributed by atoms with Crippen LogP contribution >= 0.6 is 11.6 Å². The van der Waals surface area contributed by atoms with Crippen molar-refractivity contribution in [2.75, 3.05) is 19.8 Å². The summed E-state index contributed by atoms with van der Waals surface area (Å²) in [6.45, 7) is 4.79. The third-order valence-corrected chi connectivity index (χ3v) is 5.22. The molecule has 144 valence electrons. The van der Waals surface area contributed by atoms with Crippen molar-refractivity contribution in [1.29, 1.82) is 0 Å². The number of allylic oxidation sites excluding steroid dienone is 3. The van der Waals surface area contributed by atoms with Gasteiger partial charge in [0.15, 0.2) is 5.78 Å². The number of rotatable bonds is 6. The molecule has 0 aromatic heterocycles. The second-order valence-corrected chi connectivity index (χ2v) is 7.03. The van der Waals surface area contributed by atoms with Crippen LogP contribution in [-0.2, 0) is 19.1 Å². The summed E-state index contributed by atoms with van der Waals surface area (Å²) in [6, 6.07) is 7.34. The van der Waals surface area contributed by atoms with Crippen LogP contribution in [0.4, 0.5) is 0 Å². The summed E-state index contributed by atoms with van der Waals surface area (Å²) in [7, 11) is 0. The van der Waals surface area contributed by atoms with Crippen molar-refractivity contribution in [2.24, 2.45) is 0 Å². The van der Waals surface area contributed by atoms with Crippen LogP contribution in [0.15, 0.2) is 46.8 Å². The van der Waals surface area contributed by atoms with Gasteiger partial charge in [0.2, 0.25) is 0 Å². The van der Waals surface area contributed by atoms with Gasteiger partial charge in [-0.2, -0.15) is 0 Å². The third kappa shape index (κ3) is 4.09. The number of benzene rings is 1. The van der Waals surface area contributed by atoms with Crippen molar-refractivity contribution in [3.63, 3.8) is 0 Å². The molecule has 0 saturated heterocycles. The van der Waals surface area contributed by atoms with E-state index in [0.717, 1.165) is 24.1 Å². The fraction of sp³-hybridized carbons (Fsp3) is 0.429. The molecular formula is C21H24ClNO4. The molecule has 1 heterocycles. The zero-order valence-electron chi connectivity index (χ0n) is 15.6. The van der Waals surface area contributed by atoms with Crippen LogP contribution in [0.1, 0.15) is 44.6 Å². The van der Waals surface area contributed by atoms with E-state index >= 15 is 0 Å². The van der Waals surface area contributed by atoms with E-state index in [1.165, 1.54) is 0 Å². The van der Waals surface area contributed by atoms with Crippen LogP contribution < -0.4 is 5.32 Å². The van der Waals surface area contributed by atoms with E-state index in [9.17, 15) is 9.59 Å². The molecule has 5 nitrogen and oxygen atoms in total. The predicted octanol–water partition coefficient (Wildman–Crippen LogP) is 3.89. The Hall–Kier alpha value is -2.11. The van der Waals surface area contributed by atoms with Crippen molar-refractivity contribution in [3.8, 4) is 0 Å². The van der Waals surface area contributed by atoms with E-state index in [1.54, 1.807) is 6.07 Å². The van der Waals surface area contributed by atoms with Gasteiger partial charge in [-0.05, 0) is 38.3 Å². The molecule has 0 unspecified atom stereocenters. The maximum Gasteiger partial charge on any atom is 0.336 e. The van der Waals surface area contributed by atoms with E-state index in [2.05, 4.69) is 5.32 Å². The van der Waals surface area contributed by atoms with Crippen LogP contribution in [0, 0.1) is 0 Å². The van der Waals surface area contributed by atoms with Crippen molar-refractivity contribution >= 4 is 23.4 Å². The number of carbonyl (C=O) groups is 2. The molecule has 27 heavy (non-hydrogen) atoms. The lowest BCUT2D eigenvalue weighted by molar-refractivity contribution is -0.140. The molecule has 1 N–H and O–H groups in total. The topological polar surface area (TPSA) is 64.6 Å². The number of ether oxygens (including phenoxy) is 2. The fourth-order valence-corrected chi connectivity index (χ4v) is 3.93. The highest BCUT2D eigenvalue weighted by molar-refractivity contribution is 6.31. The maximum absolute atomic E-state index is 12.9. The third-order valence-electron chi connectivity index (χ3n) is 4.88. The Labute approximate surface area is 164 Å². The highest BCUT2D eigenvalue weighted by atomic mass is 35.5. The van der Waals surface area contributed by atoms with Crippen molar-refractivity contribution in [1.82, 2.24) is 5.32 Å². The average Bonchev–Trinajstić information content (AvgIpc) is 2.65. The normalized spacial score (nSPS) is 19.7. The number of hydrogen-bond donors (Lipinski definition) is 1. The van der Waals surface area contributed by atoms with Gasteiger partial charge in [-0.3, -0.25) is 4.79 Å². The molecule has 0 bridgehead atoms. The Balaban J connectivity index is 2.01. The van der Waals surface area contributed by atoms with E-state index in [0.29, 0.717) is 41.5 Å². The molecule has 0 amide bonds.